The molecule has 20 heavy (non-hydrogen) atoms. The van der Waals surface area contributed by atoms with Gasteiger partial charge in [0.25, 0.3) is 0 Å². The quantitative estimate of drug-likeness (QED) is 0.395. The van der Waals surface area contributed by atoms with E-state index in [1.807, 2.05) is 12.1 Å². The third kappa shape index (κ3) is 3.59. The Morgan fingerprint density at radius 1 is 1.00 bits per heavy atom. The molecule has 106 valence electrons. The van der Waals surface area contributed by atoms with Crippen LogP contribution in [0.5, 0.6) is 5.75 Å². The molecule has 0 aromatic heterocycles. The third-order valence-corrected chi connectivity index (χ3v) is 4.54. The van der Waals surface area contributed by atoms with E-state index in [0.29, 0.717) is 5.75 Å². The van der Waals surface area contributed by atoms with Gasteiger partial charge in [0.2, 0.25) is 0 Å². The van der Waals surface area contributed by atoms with Gasteiger partial charge in [-0.05, 0) is 61.7 Å². The number of alkyl halides is 1. The van der Waals surface area contributed by atoms with Crippen LogP contribution >= 0.6 is 47.8 Å². The van der Waals surface area contributed by atoms with Crippen LogP contribution < -0.4 is 4.74 Å². The Morgan fingerprint density at radius 2 is 1.75 bits per heavy atom. The summed E-state index contributed by atoms with van der Waals surface area (Å²) in [5, 5.41) is 0.723. The minimum atomic E-state index is -0.641. The molecule has 0 amide bonds. The Morgan fingerprint density at radius 3 is 2.40 bits per heavy atom. The maximum atomic E-state index is 13.8. The second kappa shape index (κ2) is 7.00. The fourth-order valence-electron chi connectivity index (χ4n) is 1.60. The summed E-state index contributed by atoms with van der Waals surface area (Å²) in [5.74, 6) is -0.731. The van der Waals surface area contributed by atoms with Gasteiger partial charge >= 0.3 is 0 Å². The second-order valence-electron chi connectivity index (χ2n) is 4.01. The first-order valence-corrected chi connectivity index (χ1v) is 8.33. The van der Waals surface area contributed by atoms with Crippen molar-refractivity contribution in [2.24, 2.45) is 0 Å². The van der Waals surface area contributed by atoms with Gasteiger partial charge in [0.05, 0.1) is 14.5 Å². The number of hydrogen-bond acceptors (Lipinski definition) is 1. The van der Waals surface area contributed by atoms with E-state index in [0.717, 1.165) is 15.4 Å². The predicted octanol–water partition coefficient (Wildman–Crippen LogP) is 5.96. The van der Waals surface area contributed by atoms with E-state index in [4.69, 9.17) is 4.74 Å². The molecule has 2 aromatic carbocycles. The van der Waals surface area contributed by atoms with Crippen molar-refractivity contribution in [2.45, 2.75) is 11.9 Å². The summed E-state index contributed by atoms with van der Waals surface area (Å²) in [6.07, 6.45) is 0. The lowest BCUT2D eigenvalue weighted by molar-refractivity contribution is 0.290. The van der Waals surface area contributed by atoms with Crippen LogP contribution in [-0.4, -0.2) is 0 Å². The Balaban J connectivity index is 2.19. The molecule has 0 saturated carbocycles. The van der Waals surface area contributed by atoms with Crippen molar-refractivity contribution in [3.63, 3.8) is 0 Å². The van der Waals surface area contributed by atoms with E-state index in [1.165, 1.54) is 12.1 Å². The second-order valence-corrected chi connectivity index (χ2v) is 6.28. The maximum Gasteiger partial charge on any atom is 0.146 e. The van der Waals surface area contributed by atoms with Crippen LogP contribution in [0.1, 0.15) is 11.1 Å². The average Bonchev–Trinajstić information content (AvgIpc) is 2.44. The van der Waals surface area contributed by atoms with Crippen molar-refractivity contribution in [3.8, 4) is 5.75 Å². The molecule has 1 nitrogen and oxygen atoms in total. The van der Waals surface area contributed by atoms with Gasteiger partial charge in [0.1, 0.15) is 24.0 Å². The lowest BCUT2D eigenvalue weighted by Crippen LogP contribution is -2.03. The van der Waals surface area contributed by atoms with Crippen molar-refractivity contribution >= 4 is 47.8 Å². The third-order valence-electron chi connectivity index (χ3n) is 2.66. The van der Waals surface area contributed by atoms with Crippen LogP contribution in [0.4, 0.5) is 8.78 Å². The minimum Gasteiger partial charge on any atom is -0.488 e. The van der Waals surface area contributed by atoms with Crippen molar-refractivity contribution in [1.82, 2.24) is 0 Å². The summed E-state index contributed by atoms with van der Waals surface area (Å²) < 4.78 is 33.8. The first-order valence-electron chi connectivity index (χ1n) is 5.62. The summed E-state index contributed by atoms with van der Waals surface area (Å²) in [7, 11) is 0. The summed E-state index contributed by atoms with van der Waals surface area (Å²) >= 11 is 9.75. The lowest BCUT2D eigenvalue weighted by atomic mass is 10.2. The van der Waals surface area contributed by atoms with E-state index in [9.17, 15) is 8.78 Å². The Labute approximate surface area is 140 Å². The van der Waals surface area contributed by atoms with E-state index in [1.54, 1.807) is 6.07 Å². The van der Waals surface area contributed by atoms with E-state index < -0.39 is 11.6 Å². The molecule has 0 aliphatic carbocycles. The normalized spacial score (nSPS) is 10.7. The van der Waals surface area contributed by atoms with Gasteiger partial charge in [0, 0.05) is 5.33 Å². The minimum absolute atomic E-state index is 0.101. The molecular formula is C14H9Br3F2O. The number of rotatable bonds is 4. The smallest absolute Gasteiger partial charge is 0.146 e. The van der Waals surface area contributed by atoms with E-state index in [-0.39, 0.29) is 16.6 Å². The molecule has 0 radical (unpaired) electrons. The monoisotopic (exact) mass is 468 g/mol. The molecule has 0 unspecified atom stereocenters. The molecule has 0 atom stereocenters. The molecule has 0 heterocycles. The maximum absolute atomic E-state index is 13.8. The topological polar surface area (TPSA) is 9.23 Å². The molecule has 0 spiro atoms. The van der Waals surface area contributed by atoms with Crippen LogP contribution in [0, 0.1) is 11.6 Å². The molecule has 0 fully saturated rings. The van der Waals surface area contributed by atoms with Gasteiger partial charge in [-0.2, -0.15) is 0 Å². The van der Waals surface area contributed by atoms with E-state index in [2.05, 4.69) is 47.8 Å². The van der Waals surface area contributed by atoms with Gasteiger partial charge in [-0.1, -0.05) is 22.0 Å². The Hall–Kier alpha value is -0.460. The molecule has 0 aliphatic heterocycles. The average molecular weight is 471 g/mol. The molecule has 0 N–H and O–H groups in total. The van der Waals surface area contributed by atoms with Crippen molar-refractivity contribution in [3.05, 3.63) is 62.0 Å². The zero-order chi connectivity index (χ0) is 14.7. The largest absolute Gasteiger partial charge is 0.488 e. The van der Waals surface area contributed by atoms with Gasteiger partial charge in [-0.25, -0.2) is 8.78 Å². The van der Waals surface area contributed by atoms with Crippen LogP contribution in [0.3, 0.4) is 0 Å². The zero-order valence-corrected chi connectivity index (χ0v) is 14.9. The summed E-state index contributed by atoms with van der Waals surface area (Å²) in [5.41, 5.74) is 0.972. The molecule has 0 saturated heterocycles. The molecule has 0 bridgehead atoms. The highest BCUT2D eigenvalue weighted by Crippen LogP contribution is 2.29. The van der Waals surface area contributed by atoms with Gasteiger partial charge in [-0.15, -0.1) is 0 Å². The first kappa shape index (κ1) is 15.9. The van der Waals surface area contributed by atoms with Crippen molar-refractivity contribution in [1.29, 1.82) is 0 Å². The highest BCUT2D eigenvalue weighted by molar-refractivity contribution is 9.11. The fourth-order valence-corrected chi connectivity index (χ4v) is 2.86. The molecule has 0 aliphatic rings. The summed E-state index contributed by atoms with van der Waals surface area (Å²) in [4.78, 5) is 0. The van der Waals surface area contributed by atoms with Crippen LogP contribution in [0.2, 0.25) is 0 Å². The summed E-state index contributed by atoms with van der Waals surface area (Å²) in [6, 6.07) is 8.05. The summed E-state index contributed by atoms with van der Waals surface area (Å²) in [6.45, 7) is -0.177. The molecule has 2 aromatic rings. The van der Waals surface area contributed by atoms with Crippen LogP contribution in [0.15, 0.2) is 39.3 Å². The highest BCUT2D eigenvalue weighted by Gasteiger charge is 2.13. The van der Waals surface area contributed by atoms with Gasteiger partial charge < -0.3 is 4.74 Å². The number of halogens is 5. The first-order chi connectivity index (χ1) is 9.52. The van der Waals surface area contributed by atoms with Gasteiger partial charge in [0.15, 0.2) is 0 Å². The standard InChI is InChI=1S/C14H9Br3F2O/c15-6-8-1-4-13(11(17)5-8)20-7-9-12(18)3-2-10(16)14(9)19/h1-5H,6-7H2. The number of ether oxygens (including phenoxy) is 1. The number of hydrogen-bond donors (Lipinski definition) is 0. The van der Waals surface area contributed by atoms with E-state index >= 15 is 0 Å². The van der Waals surface area contributed by atoms with Crippen molar-refractivity contribution in [2.75, 3.05) is 0 Å². The Bertz CT molecular complexity index is 632. The molecule has 2 rings (SSSR count). The Kier molecular flexibility index (Phi) is 5.57. The van der Waals surface area contributed by atoms with Crippen molar-refractivity contribution < 1.29 is 13.5 Å². The zero-order valence-electron chi connectivity index (χ0n) is 10.1. The van der Waals surface area contributed by atoms with Gasteiger partial charge in [-0.3, -0.25) is 0 Å². The molecule has 6 heteroatoms. The van der Waals surface area contributed by atoms with Crippen LogP contribution in [-0.2, 0) is 11.9 Å². The molecular weight excluding hydrogens is 462 g/mol. The SMILES string of the molecule is Fc1ccc(Br)c(F)c1COc1ccc(CBr)cc1Br. The fraction of sp³-hybridized carbons (Fsp3) is 0.143. The predicted molar refractivity (Wildman–Crippen MR) is 85.2 cm³/mol. The lowest BCUT2D eigenvalue weighted by Gasteiger charge is -2.11. The van der Waals surface area contributed by atoms with Crippen LogP contribution in [0.25, 0.3) is 0 Å². The number of benzene rings is 2. The highest BCUT2D eigenvalue weighted by atomic mass is 79.9.